The van der Waals surface area contributed by atoms with Gasteiger partial charge in [-0.3, -0.25) is 9.59 Å². The number of carbonyl (C=O) groups is 1. The molecule has 134 valence electrons. The van der Waals surface area contributed by atoms with E-state index in [0.717, 1.165) is 0 Å². The van der Waals surface area contributed by atoms with Crippen LogP contribution in [-0.2, 0) is 0 Å². The van der Waals surface area contributed by atoms with Gasteiger partial charge < -0.3 is 10.1 Å². The van der Waals surface area contributed by atoms with Crippen molar-refractivity contribution in [1.82, 2.24) is 15.1 Å². The van der Waals surface area contributed by atoms with Crippen LogP contribution in [0.3, 0.4) is 0 Å². The Morgan fingerprint density at radius 3 is 2.38 bits per heavy atom. The van der Waals surface area contributed by atoms with Crippen molar-refractivity contribution in [3.05, 3.63) is 64.6 Å². The normalized spacial score (nSPS) is 10.9. The number of aromatic nitrogens is 2. The summed E-state index contributed by atoms with van der Waals surface area (Å²) in [7, 11) is 0. The van der Waals surface area contributed by atoms with Crippen molar-refractivity contribution in [2.75, 3.05) is 6.61 Å². The second-order valence-electron chi connectivity index (χ2n) is 6.17. The highest BCUT2D eigenvalue weighted by Gasteiger charge is 2.17. The van der Waals surface area contributed by atoms with E-state index in [1.807, 2.05) is 20.8 Å². The number of rotatable bonds is 5. The first-order valence-corrected chi connectivity index (χ1v) is 8.57. The molecule has 1 N–H and O–H groups in total. The summed E-state index contributed by atoms with van der Waals surface area (Å²) in [6.45, 7) is 6.22. The van der Waals surface area contributed by atoms with Crippen molar-refractivity contribution in [1.29, 1.82) is 0 Å². The quantitative estimate of drug-likeness (QED) is 0.767. The highest BCUT2D eigenvalue weighted by Crippen LogP contribution is 2.17. The maximum absolute atomic E-state index is 12.9. The fourth-order valence-corrected chi connectivity index (χ4v) is 2.71. The standard InChI is InChI=1S/C20H21N3O3/c1-4-26-15-11-9-14(10-12-15)23-20(25)17-8-6-5-7-16(17)18(22-23)19(24)21-13(2)3/h5-13H,4H2,1-3H3,(H,21,24). The fourth-order valence-electron chi connectivity index (χ4n) is 2.71. The van der Waals surface area contributed by atoms with E-state index in [0.29, 0.717) is 28.8 Å². The van der Waals surface area contributed by atoms with Crippen molar-refractivity contribution in [2.45, 2.75) is 26.8 Å². The van der Waals surface area contributed by atoms with Gasteiger partial charge in [0.05, 0.1) is 17.7 Å². The van der Waals surface area contributed by atoms with E-state index in [1.165, 1.54) is 4.68 Å². The van der Waals surface area contributed by atoms with E-state index >= 15 is 0 Å². The Balaban J connectivity index is 2.18. The van der Waals surface area contributed by atoms with E-state index in [9.17, 15) is 9.59 Å². The zero-order valence-corrected chi connectivity index (χ0v) is 15.0. The van der Waals surface area contributed by atoms with Gasteiger partial charge in [0.25, 0.3) is 11.5 Å². The Hall–Kier alpha value is -3.15. The molecule has 0 aliphatic heterocycles. The molecule has 0 fully saturated rings. The highest BCUT2D eigenvalue weighted by molar-refractivity contribution is 6.04. The van der Waals surface area contributed by atoms with E-state index in [2.05, 4.69) is 10.4 Å². The van der Waals surface area contributed by atoms with Crippen LogP contribution >= 0.6 is 0 Å². The summed E-state index contributed by atoms with van der Waals surface area (Å²) in [6, 6.07) is 14.0. The zero-order chi connectivity index (χ0) is 18.7. The molecular formula is C20H21N3O3. The van der Waals surface area contributed by atoms with Crippen LogP contribution in [0.15, 0.2) is 53.3 Å². The summed E-state index contributed by atoms with van der Waals surface area (Å²) >= 11 is 0. The molecule has 6 heteroatoms. The first-order valence-electron chi connectivity index (χ1n) is 8.57. The summed E-state index contributed by atoms with van der Waals surface area (Å²) in [6.07, 6.45) is 0. The fraction of sp³-hybridized carbons (Fsp3) is 0.250. The molecule has 2 aromatic carbocycles. The minimum absolute atomic E-state index is 0.0334. The maximum atomic E-state index is 12.9. The molecule has 0 radical (unpaired) electrons. The van der Waals surface area contributed by atoms with Crippen molar-refractivity contribution in [2.24, 2.45) is 0 Å². The number of ether oxygens (including phenoxy) is 1. The van der Waals surface area contributed by atoms with Crippen molar-refractivity contribution in [3.63, 3.8) is 0 Å². The molecule has 1 heterocycles. The second-order valence-corrected chi connectivity index (χ2v) is 6.17. The van der Waals surface area contributed by atoms with Crippen LogP contribution in [0.25, 0.3) is 16.5 Å². The lowest BCUT2D eigenvalue weighted by Gasteiger charge is -2.13. The molecule has 0 bridgehead atoms. The lowest BCUT2D eigenvalue weighted by Crippen LogP contribution is -2.33. The van der Waals surface area contributed by atoms with Gasteiger partial charge in [-0.1, -0.05) is 18.2 Å². The summed E-state index contributed by atoms with van der Waals surface area (Å²) in [4.78, 5) is 25.5. The number of nitrogens with one attached hydrogen (secondary N) is 1. The van der Waals surface area contributed by atoms with Crippen molar-refractivity contribution >= 4 is 16.7 Å². The number of fused-ring (bicyclic) bond motifs is 1. The molecule has 1 aromatic heterocycles. The SMILES string of the molecule is CCOc1ccc(-n2nc(C(=O)NC(C)C)c3ccccc3c2=O)cc1. The van der Waals surface area contributed by atoms with Gasteiger partial charge in [-0.25, -0.2) is 0 Å². The van der Waals surface area contributed by atoms with E-state index in [-0.39, 0.29) is 23.2 Å². The lowest BCUT2D eigenvalue weighted by molar-refractivity contribution is 0.0938. The molecule has 0 atom stereocenters. The van der Waals surface area contributed by atoms with Gasteiger partial charge in [-0.05, 0) is 51.1 Å². The topological polar surface area (TPSA) is 73.2 Å². The molecular weight excluding hydrogens is 330 g/mol. The Kier molecular flexibility index (Phi) is 5.02. The molecule has 3 rings (SSSR count). The molecule has 0 aliphatic carbocycles. The zero-order valence-electron chi connectivity index (χ0n) is 15.0. The maximum Gasteiger partial charge on any atom is 0.279 e. The number of amides is 1. The van der Waals surface area contributed by atoms with Gasteiger partial charge in [0, 0.05) is 11.4 Å². The number of hydrogen-bond acceptors (Lipinski definition) is 4. The van der Waals surface area contributed by atoms with Crippen LogP contribution in [0.2, 0.25) is 0 Å². The predicted octanol–water partition coefficient (Wildman–Crippen LogP) is 2.92. The first kappa shape index (κ1) is 17.7. The van der Waals surface area contributed by atoms with Gasteiger partial charge in [0.2, 0.25) is 0 Å². The Morgan fingerprint density at radius 2 is 1.77 bits per heavy atom. The Labute approximate surface area is 151 Å². The number of nitrogens with zero attached hydrogens (tertiary/aromatic N) is 2. The molecule has 0 aliphatic rings. The van der Waals surface area contributed by atoms with Crippen LogP contribution in [0.4, 0.5) is 0 Å². The molecule has 0 saturated heterocycles. The number of hydrogen-bond donors (Lipinski definition) is 1. The molecule has 0 saturated carbocycles. The number of carbonyl (C=O) groups excluding carboxylic acids is 1. The van der Waals surface area contributed by atoms with E-state index < -0.39 is 0 Å². The summed E-state index contributed by atoms with van der Waals surface area (Å²) in [5.41, 5.74) is 0.524. The van der Waals surface area contributed by atoms with E-state index in [4.69, 9.17) is 4.74 Å². The predicted molar refractivity (Wildman–Crippen MR) is 101 cm³/mol. The smallest absolute Gasteiger partial charge is 0.279 e. The van der Waals surface area contributed by atoms with Gasteiger partial charge in [-0.15, -0.1) is 0 Å². The van der Waals surface area contributed by atoms with Crippen molar-refractivity contribution in [3.8, 4) is 11.4 Å². The average Bonchev–Trinajstić information content (AvgIpc) is 2.63. The highest BCUT2D eigenvalue weighted by atomic mass is 16.5. The minimum Gasteiger partial charge on any atom is -0.494 e. The van der Waals surface area contributed by atoms with Crippen LogP contribution in [0.5, 0.6) is 5.75 Å². The van der Waals surface area contributed by atoms with Gasteiger partial charge in [0.1, 0.15) is 5.75 Å². The molecule has 6 nitrogen and oxygen atoms in total. The number of benzene rings is 2. The van der Waals surface area contributed by atoms with Crippen LogP contribution in [-0.4, -0.2) is 28.3 Å². The van der Waals surface area contributed by atoms with Gasteiger partial charge >= 0.3 is 0 Å². The molecule has 3 aromatic rings. The largest absolute Gasteiger partial charge is 0.494 e. The molecule has 1 amide bonds. The average molecular weight is 351 g/mol. The Bertz CT molecular complexity index is 991. The van der Waals surface area contributed by atoms with Gasteiger partial charge in [0.15, 0.2) is 5.69 Å². The molecule has 26 heavy (non-hydrogen) atoms. The third-order valence-corrected chi connectivity index (χ3v) is 3.83. The third kappa shape index (κ3) is 3.44. The van der Waals surface area contributed by atoms with Crippen molar-refractivity contribution < 1.29 is 9.53 Å². The lowest BCUT2D eigenvalue weighted by atomic mass is 10.1. The summed E-state index contributed by atoms with van der Waals surface area (Å²) in [5, 5.41) is 8.18. The third-order valence-electron chi connectivity index (χ3n) is 3.83. The molecule has 0 spiro atoms. The second kappa shape index (κ2) is 7.39. The van der Waals surface area contributed by atoms with Crippen LogP contribution < -0.4 is 15.6 Å². The monoisotopic (exact) mass is 351 g/mol. The van der Waals surface area contributed by atoms with E-state index in [1.54, 1.807) is 48.5 Å². The molecule has 0 unspecified atom stereocenters. The van der Waals surface area contributed by atoms with Crippen LogP contribution in [0, 0.1) is 0 Å². The summed E-state index contributed by atoms with van der Waals surface area (Å²) in [5.74, 6) is 0.402. The summed E-state index contributed by atoms with van der Waals surface area (Å²) < 4.78 is 6.69. The first-order chi connectivity index (χ1) is 12.5. The van der Waals surface area contributed by atoms with Crippen LogP contribution in [0.1, 0.15) is 31.3 Å². The Morgan fingerprint density at radius 1 is 1.12 bits per heavy atom. The minimum atomic E-state index is -0.309. The van der Waals surface area contributed by atoms with Gasteiger partial charge in [-0.2, -0.15) is 9.78 Å².